The van der Waals surface area contributed by atoms with Crippen LogP contribution in [0.1, 0.15) is 26.3 Å². The van der Waals surface area contributed by atoms with Crippen LogP contribution < -0.4 is 4.74 Å². The van der Waals surface area contributed by atoms with Gasteiger partial charge in [-0.1, -0.05) is 38.6 Å². The first-order chi connectivity index (χ1) is 11.0. The van der Waals surface area contributed by atoms with E-state index in [4.69, 9.17) is 4.74 Å². The second-order valence-corrected chi connectivity index (χ2v) is 4.78. The summed E-state index contributed by atoms with van der Waals surface area (Å²) in [5, 5.41) is 18.5. The van der Waals surface area contributed by atoms with Gasteiger partial charge in [-0.05, 0) is 41.7 Å². The van der Waals surface area contributed by atoms with Crippen LogP contribution in [0.25, 0.3) is 5.57 Å². The van der Waals surface area contributed by atoms with Gasteiger partial charge in [-0.2, -0.15) is 0 Å². The van der Waals surface area contributed by atoms with Crippen LogP contribution in [-0.4, -0.2) is 29.2 Å². The van der Waals surface area contributed by atoms with Crippen LogP contribution in [0, 0.1) is 0 Å². The van der Waals surface area contributed by atoms with Crippen LogP contribution in [0.3, 0.4) is 0 Å². The summed E-state index contributed by atoms with van der Waals surface area (Å²) < 4.78 is 5.22. The van der Waals surface area contributed by atoms with Gasteiger partial charge >= 0.3 is 7.12 Å². The van der Waals surface area contributed by atoms with E-state index in [1.54, 1.807) is 30.4 Å². The fraction of sp³-hybridized carbons (Fsp3) is 0.222. The third kappa shape index (κ3) is 5.16. The molecule has 0 bridgehead atoms. The first-order valence-corrected chi connectivity index (χ1v) is 7.57. The maximum absolute atomic E-state index is 9.24. The molecule has 5 heteroatoms. The van der Waals surface area contributed by atoms with Gasteiger partial charge in [0.1, 0.15) is 5.75 Å². The molecule has 0 fully saturated rings. The Morgan fingerprint density at radius 3 is 2.57 bits per heavy atom. The van der Waals surface area contributed by atoms with Crippen molar-refractivity contribution in [2.75, 3.05) is 7.11 Å². The molecule has 0 saturated heterocycles. The monoisotopic (exact) mass is 313 g/mol. The van der Waals surface area contributed by atoms with Crippen molar-refractivity contribution in [3.8, 4) is 5.75 Å². The van der Waals surface area contributed by atoms with E-state index < -0.39 is 7.12 Å². The summed E-state index contributed by atoms with van der Waals surface area (Å²) in [6.07, 6.45) is 6.92. The van der Waals surface area contributed by atoms with Crippen LogP contribution >= 0.6 is 0 Å². The highest BCUT2D eigenvalue weighted by molar-refractivity contribution is 6.51. The lowest BCUT2D eigenvalue weighted by atomic mass is 9.78. The zero-order chi connectivity index (χ0) is 17.4. The Bertz CT molecular complexity index is 633. The van der Waals surface area contributed by atoms with E-state index in [1.807, 2.05) is 51.2 Å². The lowest BCUT2D eigenvalue weighted by Crippen LogP contribution is -2.20. The fourth-order valence-corrected chi connectivity index (χ4v) is 1.99. The predicted molar refractivity (Wildman–Crippen MR) is 96.4 cm³/mol. The largest absolute Gasteiger partial charge is 0.497 e. The molecule has 0 aromatic heterocycles. The molecule has 0 radical (unpaired) electrons. The maximum atomic E-state index is 9.24. The molecule has 1 aromatic rings. The van der Waals surface area contributed by atoms with E-state index in [1.165, 1.54) is 0 Å². The Balaban J connectivity index is 0.00000127. The highest BCUT2D eigenvalue weighted by atomic mass is 16.5. The molecule has 1 heterocycles. The molecule has 0 aliphatic carbocycles. The molecule has 0 atom stereocenters. The van der Waals surface area contributed by atoms with Gasteiger partial charge in [0.15, 0.2) is 0 Å². The van der Waals surface area contributed by atoms with Crippen molar-refractivity contribution in [3.63, 3.8) is 0 Å². The third-order valence-corrected chi connectivity index (χ3v) is 3.24. The van der Waals surface area contributed by atoms with Crippen LogP contribution in [0.2, 0.25) is 0 Å². The summed E-state index contributed by atoms with van der Waals surface area (Å²) in [7, 11) is 0.134. The van der Waals surface area contributed by atoms with E-state index in [0.717, 1.165) is 22.6 Å². The smallest absolute Gasteiger partial charge is 0.489 e. The number of allylic oxidation sites excluding steroid dienone is 4. The van der Waals surface area contributed by atoms with Crippen LogP contribution in [-0.2, 0) is 0 Å². The van der Waals surface area contributed by atoms with E-state index in [9.17, 15) is 10.0 Å². The van der Waals surface area contributed by atoms with Gasteiger partial charge in [0.2, 0.25) is 0 Å². The number of rotatable bonds is 4. The highest BCUT2D eigenvalue weighted by Crippen LogP contribution is 2.23. The summed E-state index contributed by atoms with van der Waals surface area (Å²) >= 11 is 0. The molecule has 122 valence electrons. The number of methoxy groups -OCH3 is 1. The van der Waals surface area contributed by atoms with E-state index in [0.29, 0.717) is 5.47 Å². The van der Waals surface area contributed by atoms with E-state index in [2.05, 4.69) is 6.58 Å². The average Bonchev–Trinajstić information content (AvgIpc) is 2.58. The molecule has 4 nitrogen and oxygen atoms in total. The summed E-state index contributed by atoms with van der Waals surface area (Å²) in [6, 6.07) is 7.75. The van der Waals surface area contributed by atoms with Gasteiger partial charge in [0.25, 0.3) is 0 Å². The lowest BCUT2D eigenvalue weighted by Gasteiger charge is -2.22. The Labute approximate surface area is 138 Å². The minimum Gasteiger partial charge on any atom is -0.497 e. The lowest BCUT2D eigenvalue weighted by molar-refractivity contribution is 0.414. The van der Waals surface area contributed by atoms with Gasteiger partial charge < -0.3 is 19.7 Å². The topological polar surface area (TPSA) is 52.9 Å². The van der Waals surface area contributed by atoms with Crippen LogP contribution in [0.5, 0.6) is 5.75 Å². The van der Waals surface area contributed by atoms with Crippen LogP contribution in [0.15, 0.2) is 66.6 Å². The summed E-state index contributed by atoms with van der Waals surface area (Å²) in [5.74, 6) is 0.791. The summed E-state index contributed by atoms with van der Waals surface area (Å²) in [4.78, 5) is 1.77. The Morgan fingerprint density at radius 2 is 1.96 bits per heavy atom. The zero-order valence-corrected chi connectivity index (χ0v) is 14.2. The predicted octanol–water partition coefficient (Wildman–Crippen LogP) is 3.36. The van der Waals surface area contributed by atoms with Crippen molar-refractivity contribution < 1.29 is 14.8 Å². The van der Waals surface area contributed by atoms with Crippen molar-refractivity contribution in [1.82, 2.24) is 4.90 Å². The Hall–Kier alpha value is -2.24. The van der Waals surface area contributed by atoms with Gasteiger partial charge in [-0.3, -0.25) is 0 Å². The summed E-state index contributed by atoms with van der Waals surface area (Å²) in [5.41, 5.74) is 3.20. The molecule has 1 aliphatic heterocycles. The first kappa shape index (κ1) is 18.8. The number of hydrogen-bond donors (Lipinski definition) is 2. The molecule has 0 saturated carbocycles. The van der Waals surface area contributed by atoms with E-state index >= 15 is 0 Å². The molecule has 0 amide bonds. The standard InChI is InChI=1S/C16H18BNO3.C2H6/c1-12(14-5-4-6-16(9-14)21-3)10-18-11-15(17(19)20)8-7-13(18)2;1-2/h4-11,19-20H,2H2,1,3H3;1-2H3/b12-10+;. The number of benzene rings is 1. The second-order valence-electron chi connectivity index (χ2n) is 4.78. The van der Waals surface area contributed by atoms with Crippen LogP contribution in [0.4, 0.5) is 0 Å². The minimum absolute atomic E-state index is 0.414. The molecule has 2 N–H and O–H groups in total. The molecule has 2 rings (SSSR count). The van der Waals surface area contributed by atoms with Crippen molar-refractivity contribution in [2.24, 2.45) is 0 Å². The molecule has 23 heavy (non-hydrogen) atoms. The van der Waals surface area contributed by atoms with Crippen molar-refractivity contribution in [2.45, 2.75) is 20.8 Å². The highest BCUT2D eigenvalue weighted by Gasteiger charge is 2.17. The first-order valence-electron chi connectivity index (χ1n) is 7.57. The van der Waals surface area contributed by atoms with Gasteiger partial charge in [0.05, 0.1) is 7.11 Å². The third-order valence-electron chi connectivity index (χ3n) is 3.24. The van der Waals surface area contributed by atoms with Crippen molar-refractivity contribution in [1.29, 1.82) is 0 Å². The number of hydrogen-bond acceptors (Lipinski definition) is 4. The molecule has 1 aliphatic rings. The number of nitrogens with zero attached hydrogens (tertiary/aromatic N) is 1. The molecule has 1 aromatic carbocycles. The van der Waals surface area contributed by atoms with Gasteiger partial charge in [-0.15, -0.1) is 0 Å². The minimum atomic E-state index is -1.50. The number of ether oxygens (including phenoxy) is 1. The maximum Gasteiger partial charge on any atom is 0.489 e. The van der Waals surface area contributed by atoms with Gasteiger partial charge in [-0.25, -0.2) is 0 Å². The van der Waals surface area contributed by atoms with Crippen molar-refractivity contribution in [3.05, 3.63) is 72.1 Å². The second kappa shape index (κ2) is 9.03. The Kier molecular flexibility index (Phi) is 7.38. The zero-order valence-electron chi connectivity index (χ0n) is 14.2. The molecule has 0 unspecified atom stereocenters. The quantitative estimate of drug-likeness (QED) is 0.837. The SMILES string of the molecule is C=C1C=CC(B(O)O)=CN1/C=C(\C)c1cccc(OC)c1.CC. The fourth-order valence-electron chi connectivity index (χ4n) is 1.99. The molecule has 0 spiro atoms. The molecular formula is C18H24BNO3. The van der Waals surface area contributed by atoms with E-state index in [-0.39, 0.29) is 0 Å². The normalized spacial score (nSPS) is 14.0. The Morgan fingerprint density at radius 1 is 1.26 bits per heavy atom. The van der Waals surface area contributed by atoms with Gasteiger partial charge in [0, 0.05) is 18.1 Å². The average molecular weight is 313 g/mol. The summed E-state index contributed by atoms with van der Waals surface area (Å²) in [6.45, 7) is 9.91. The van der Waals surface area contributed by atoms with Crippen molar-refractivity contribution >= 4 is 12.7 Å². The molecular weight excluding hydrogens is 289 g/mol.